The molecule has 0 radical (unpaired) electrons. The maximum Gasteiger partial charge on any atom is 0.108 e. The van der Waals surface area contributed by atoms with Gasteiger partial charge in [0, 0.05) is 13.1 Å². The first-order valence-electron chi connectivity index (χ1n) is 4.19. The lowest BCUT2D eigenvalue weighted by molar-refractivity contribution is -0.0263. The molecule has 0 aromatic carbocycles. The van der Waals surface area contributed by atoms with Crippen LogP contribution in [0.15, 0.2) is 0 Å². The third-order valence-corrected chi connectivity index (χ3v) is 1.87. The summed E-state index contributed by atoms with van der Waals surface area (Å²) in [6.45, 7) is 2.19. The zero-order valence-electron chi connectivity index (χ0n) is 7.45. The van der Waals surface area contributed by atoms with Crippen LogP contribution in [0.25, 0.3) is 0 Å². The Morgan fingerprint density at radius 2 is 1.54 bits per heavy atom. The lowest BCUT2D eigenvalue weighted by Crippen LogP contribution is -2.30. The zero-order valence-corrected chi connectivity index (χ0v) is 7.45. The molecule has 0 aliphatic carbocycles. The molecule has 0 amide bonds. The largest absolute Gasteiger partial charge is 0.361 e. The highest BCUT2D eigenvalue weighted by Gasteiger charge is 2.27. The molecule has 1 N–H and O–H groups in total. The molecule has 0 unspecified atom stereocenters. The number of ether oxygens (including phenoxy) is 2. The van der Waals surface area contributed by atoms with Crippen molar-refractivity contribution in [1.82, 2.24) is 5.32 Å². The minimum absolute atomic E-state index is 0.0319. The Bertz CT molecular complexity index is 202. The van der Waals surface area contributed by atoms with Gasteiger partial charge in [0.1, 0.15) is 13.2 Å². The molecule has 0 spiro atoms. The highest BCUT2D eigenvalue weighted by molar-refractivity contribution is 4.90. The number of rotatable bonds is 4. The van der Waals surface area contributed by atoms with E-state index in [1.54, 1.807) is 0 Å². The van der Waals surface area contributed by atoms with Crippen LogP contribution in [0.2, 0.25) is 0 Å². The van der Waals surface area contributed by atoms with E-state index in [2.05, 4.69) is 17.2 Å². The highest BCUT2D eigenvalue weighted by Crippen LogP contribution is 2.08. The van der Waals surface area contributed by atoms with Gasteiger partial charge in [-0.3, -0.25) is 0 Å². The number of hydrogen-bond donors (Lipinski definition) is 1. The lowest BCUT2D eigenvalue weighted by atomic mass is 10.2. The molecule has 0 bridgehead atoms. The summed E-state index contributed by atoms with van der Waals surface area (Å²) in [6.07, 6.45) is 10.2. The molecule has 1 aliphatic heterocycles. The lowest BCUT2D eigenvalue weighted by Gasteiger charge is -2.17. The summed E-state index contributed by atoms with van der Waals surface area (Å²) in [4.78, 5) is 0. The molecular weight excluding hydrogens is 166 g/mol. The Labute approximate surface area is 78.8 Å². The molecule has 2 atom stereocenters. The summed E-state index contributed by atoms with van der Waals surface area (Å²) in [7, 11) is 0. The van der Waals surface area contributed by atoms with Gasteiger partial charge in [-0.1, -0.05) is 11.8 Å². The molecule has 1 saturated heterocycles. The van der Waals surface area contributed by atoms with Crippen molar-refractivity contribution in [3.05, 3.63) is 0 Å². The van der Waals surface area contributed by atoms with Crippen molar-refractivity contribution in [1.29, 1.82) is 0 Å². The van der Waals surface area contributed by atoms with E-state index in [9.17, 15) is 0 Å². The third-order valence-electron chi connectivity index (χ3n) is 1.87. The van der Waals surface area contributed by atoms with Crippen molar-refractivity contribution in [3.63, 3.8) is 0 Å². The standard InChI is InChI=1S/C10H13NO2/c1-3-5-12-9-7-11-8-10(9)13-6-4-2/h1-2,9-11H,5-8H2/t9-,10+. The first-order valence-corrected chi connectivity index (χ1v) is 4.19. The van der Waals surface area contributed by atoms with E-state index < -0.39 is 0 Å². The molecule has 0 saturated carbocycles. The second-order valence-corrected chi connectivity index (χ2v) is 2.77. The van der Waals surface area contributed by atoms with Crippen LogP contribution < -0.4 is 5.32 Å². The third kappa shape index (κ3) is 3.08. The average molecular weight is 179 g/mol. The van der Waals surface area contributed by atoms with Crippen LogP contribution >= 0.6 is 0 Å². The first kappa shape index (κ1) is 10.1. The van der Waals surface area contributed by atoms with Crippen molar-refractivity contribution in [2.75, 3.05) is 26.3 Å². The Balaban J connectivity index is 2.28. The van der Waals surface area contributed by atoms with Crippen molar-refractivity contribution >= 4 is 0 Å². The number of hydrogen-bond acceptors (Lipinski definition) is 3. The van der Waals surface area contributed by atoms with Crippen LogP contribution in [0.3, 0.4) is 0 Å². The molecule has 0 aromatic rings. The molecule has 1 aliphatic rings. The van der Waals surface area contributed by atoms with E-state index in [0.29, 0.717) is 13.2 Å². The van der Waals surface area contributed by atoms with E-state index in [-0.39, 0.29) is 12.2 Å². The predicted octanol–water partition coefficient (Wildman–Crippen LogP) is -0.374. The topological polar surface area (TPSA) is 30.5 Å². The van der Waals surface area contributed by atoms with E-state index in [0.717, 1.165) is 13.1 Å². The number of nitrogens with one attached hydrogen (secondary N) is 1. The molecule has 3 heteroatoms. The second-order valence-electron chi connectivity index (χ2n) is 2.77. The summed E-state index contributed by atoms with van der Waals surface area (Å²) in [5, 5.41) is 3.15. The van der Waals surface area contributed by atoms with Crippen LogP contribution in [0.4, 0.5) is 0 Å². The molecule has 70 valence electrons. The van der Waals surface area contributed by atoms with Gasteiger partial charge >= 0.3 is 0 Å². The monoisotopic (exact) mass is 179 g/mol. The minimum Gasteiger partial charge on any atom is -0.361 e. The van der Waals surface area contributed by atoms with Gasteiger partial charge in [0.2, 0.25) is 0 Å². The Morgan fingerprint density at radius 1 is 1.08 bits per heavy atom. The van der Waals surface area contributed by atoms with E-state index in [1.165, 1.54) is 0 Å². The summed E-state index contributed by atoms with van der Waals surface area (Å²) >= 11 is 0. The van der Waals surface area contributed by atoms with Gasteiger partial charge in [-0.15, -0.1) is 12.8 Å². The average Bonchev–Trinajstić information content (AvgIpc) is 2.59. The van der Waals surface area contributed by atoms with Gasteiger partial charge in [0.25, 0.3) is 0 Å². The SMILES string of the molecule is C#CCO[C@H]1CNC[C@H]1OCC#C. The van der Waals surface area contributed by atoms with Gasteiger partial charge in [-0.05, 0) is 0 Å². The summed E-state index contributed by atoms with van der Waals surface area (Å²) in [5.74, 6) is 4.85. The Hall–Kier alpha value is -1.00. The van der Waals surface area contributed by atoms with E-state index in [4.69, 9.17) is 22.3 Å². The molecule has 1 fully saturated rings. The van der Waals surface area contributed by atoms with Gasteiger partial charge in [0.05, 0.1) is 12.2 Å². The zero-order chi connectivity index (χ0) is 9.52. The fraction of sp³-hybridized carbons (Fsp3) is 0.600. The van der Waals surface area contributed by atoms with Crippen LogP contribution in [0.5, 0.6) is 0 Å². The smallest absolute Gasteiger partial charge is 0.108 e. The van der Waals surface area contributed by atoms with Crippen LogP contribution in [0, 0.1) is 24.7 Å². The van der Waals surface area contributed by atoms with Gasteiger partial charge in [-0.2, -0.15) is 0 Å². The van der Waals surface area contributed by atoms with Crippen molar-refractivity contribution in [2.45, 2.75) is 12.2 Å². The molecular formula is C10H13NO2. The second kappa shape index (κ2) is 5.61. The molecule has 1 heterocycles. The highest BCUT2D eigenvalue weighted by atomic mass is 16.5. The quantitative estimate of drug-likeness (QED) is 0.597. The summed E-state index contributed by atoms with van der Waals surface area (Å²) in [5.41, 5.74) is 0. The Kier molecular flexibility index (Phi) is 4.35. The van der Waals surface area contributed by atoms with E-state index >= 15 is 0 Å². The van der Waals surface area contributed by atoms with Gasteiger partial charge in [0.15, 0.2) is 0 Å². The summed E-state index contributed by atoms with van der Waals surface area (Å²) in [6, 6.07) is 0. The van der Waals surface area contributed by atoms with Crippen LogP contribution in [-0.4, -0.2) is 38.5 Å². The maximum absolute atomic E-state index is 5.37. The van der Waals surface area contributed by atoms with Crippen molar-refractivity contribution < 1.29 is 9.47 Å². The van der Waals surface area contributed by atoms with E-state index in [1.807, 2.05) is 0 Å². The minimum atomic E-state index is 0.0319. The fourth-order valence-corrected chi connectivity index (χ4v) is 1.27. The number of terminal acetylenes is 2. The van der Waals surface area contributed by atoms with Crippen molar-refractivity contribution in [3.8, 4) is 24.7 Å². The molecule has 3 nitrogen and oxygen atoms in total. The molecule has 13 heavy (non-hydrogen) atoms. The fourth-order valence-electron chi connectivity index (χ4n) is 1.27. The first-order chi connectivity index (χ1) is 6.38. The normalized spacial score (nSPS) is 26.6. The van der Waals surface area contributed by atoms with Gasteiger partial charge in [-0.25, -0.2) is 0 Å². The van der Waals surface area contributed by atoms with Crippen LogP contribution in [0.1, 0.15) is 0 Å². The predicted molar refractivity (Wildman–Crippen MR) is 50.0 cm³/mol. The molecule has 1 rings (SSSR count). The van der Waals surface area contributed by atoms with Crippen molar-refractivity contribution in [2.24, 2.45) is 0 Å². The maximum atomic E-state index is 5.37. The van der Waals surface area contributed by atoms with Gasteiger partial charge < -0.3 is 14.8 Å². The molecule has 0 aromatic heterocycles. The summed E-state index contributed by atoms with van der Waals surface area (Å²) < 4.78 is 10.7. The van der Waals surface area contributed by atoms with Crippen LogP contribution in [-0.2, 0) is 9.47 Å². The Morgan fingerprint density at radius 3 is 1.92 bits per heavy atom.